The van der Waals surface area contributed by atoms with Gasteiger partial charge in [0.2, 0.25) is 5.91 Å². The predicted octanol–water partition coefficient (Wildman–Crippen LogP) is 1.59. The molecule has 2 fully saturated rings. The van der Waals surface area contributed by atoms with E-state index in [-0.39, 0.29) is 30.5 Å². The number of nitrogens with one attached hydrogen (secondary N) is 1. The van der Waals surface area contributed by atoms with Crippen LogP contribution >= 0.6 is 12.4 Å². The van der Waals surface area contributed by atoms with Gasteiger partial charge in [-0.05, 0) is 30.7 Å². The van der Waals surface area contributed by atoms with E-state index in [0.717, 1.165) is 51.4 Å². The van der Waals surface area contributed by atoms with Crippen molar-refractivity contribution >= 4 is 24.1 Å². The SMILES string of the molecule is COc1ccc(C(=O)CCC(=O)N2CCC(N3CCNCC3)C2)cc1.Cl. The van der Waals surface area contributed by atoms with Crippen LogP contribution in [-0.4, -0.2) is 73.9 Å². The number of halogens is 1. The third-order valence-corrected chi connectivity index (χ3v) is 5.16. The maximum Gasteiger partial charge on any atom is 0.223 e. The van der Waals surface area contributed by atoms with E-state index in [4.69, 9.17) is 4.74 Å². The molecule has 7 heteroatoms. The maximum absolute atomic E-state index is 12.4. The number of carbonyl (C=O) groups excluding carboxylic acids is 2. The molecule has 3 rings (SSSR count). The molecule has 0 radical (unpaired) electrons. The van der Waals surface area contributed by atoms with Gasteiger partial charge in [0.1, 0.15) is 5.75 Å². The van der Waals surface area contributed by atoms with Crippen LogP contribution in [0.1, 0.15) is 29.6 Å². The van der Waals surface area contributed by atoms with Gasteiger partial charge in [-0.15, -0.1) is 12.4 Å². The number of nitrogens with zero attached hydrogens (tertiary/aromatic N) is 2. The van der Waals surface area contributed by atoms with E-state index in [2.05, 4.69) is 10.2 Å². The molecule has 2 saturated heterocycles. The average Bonchev–Trinajstić information content (AvgIpc) is 3.17. The first-order valence-electron chi connectivity index (χ1n) is 9.07. The Balaban J connectivity index is 0.00000243. The second-order valence-electron chi connectivity index (χ2n) is 6.72. The van der Waals surface area contributed by atoms with Crippen molar-refractivity contribution in [2.45, 2.75) is 25.3 Å². The Morgan fingerprint density at radius 1 is 1.12 bits per heavy atom. The molecule has 1 aromatic rings. The molecule has 0 spiro atoms. The Hall–Kier alpha value is -1.63. The van der Waals surface area contributed by atoms with E-state index in [9.17, 15) is 9.59 Å². The van der Waals surface area contributed by atoms with Crippen molar-refractivity contribution in [2.24, 2.45) is 0 Å². The number of piperazine rings is 1. The molecule has 6 nitrogen and oxygen atoms in total. The van der Waals surface area contributed by atoms with Crippen molar-refractivity contribution in [2.75, 3.05) is 46.4 Å². The minimum absolute atomic E-state index is 0. The van der Waals surface area contributed by atoms with Crippen LogP contribution in [0.25, 0.3) is 0 Å². The van der Waals surface area contributed by atoms with Crippen LogP contribution in [0.2, 0.25) is 0 Å². The molecular formula is C19H28ClN3O3. The highest BCUT2D eigenvalue weighted by Crippen LogP contribution is 2.18. The smallest absolute Gasteiger partial charge is 0.223 e. The van der Waals surface area contributed by atoms with Gasteiger partial charge in [0.15, 0.2) is 5.78 Å². The van der Waals surface area contributed by atoms with Gasteiger partial charge < -0.3 is 15.0 Å². The number of hydrogen-bond donors (Lipinski definition) is 1. The van der Waals surface area contributed by atoms with Gasteiger partial charge in [-0.2, -0.15) is 0 Å². The van der Waals surface area contributed by atoms with Gasteiger partial charge >= 0.3 is 0 Å². The Morgan fingerprint density at radius 2 is 1.81 bits per heavy atom. The lowest BCUT2D eigenvalue weighted by atomic mass is 10.1. The van der Waals surface area contributed by atoms with E-state index in [1.54, 1.807) is 31.4 Å². The minimum Gasteiger partial charge on any atom is -0.497 e. The number of likely N-dealkylation sites (tertiary alicyclic amines) is 1. The van der Waals surface area contributed by atoms with Crippen molar-refractivity contribution in [3.8, 4) is 5.75 Å². The van der Waals surface area contributed by atoms with E-state index in [0.29, 0.717) is 18.0 Å². The van der Waals surface area contributed by atoms with Crippen LogP contribution in [0, 0.1) is 0 Å². The van der Waals surface area contributed by atoms with E-state index < -0.39 is 0 Å². The van der Waals surface area contributed by atoms with Crippen LogP contribution in [0.3, 0.4) is 0 Å². The van der Waals surface area contributed by atoms with Crippen LogP contribution in [0.5, 0.6) is 5.75 Å². The summed E-state index contributed by atoms with van der Waals surface area (Å²) >= 11 is 0. The van der Waals surface area contributed by atoms with Gasteiger partial charge in [0, 0.05) is 63.7 Å². The molecule has 0 aliphatic carbocycles. The first-order valence-corrected chi connectivity index (χ1v) is 9.07. The highest BCUT2D eigenvalue weighted by Gasteiger charge is 2.30. The fourth-order valence-electron chi connectivity index (χ4n) is 3.61. The summed E-state index contributed by atoms with van der Waals surface area (Å²) < 4.78 is 5.09. The van der Waals surface area contributed by atoms with Crippen LogP contribution in [0.15, 0.2) is 24.3 Å². The highest BCUT2D eigenvalue weighted by atomic mass is 35.5. The van der Waals surface area contributed by atoms with Gasteiger partial charge in [-0.1, -0.05) is 0 Å². The number of amides is 1. The molecule has 1 N–H and O–H groups in total. The number of hydrogen-bond acceptors (Lipinski definition) is 5. The van der Waals surface area contributed by atoms with E-state index >= 15 is 0 Å². The third-order valence-electron chi connectivity index (χ3n) is 5.16. The zero-order valence-corrected chi connectivity index (χ0v) is 16.1. The summed E-state index contributed by atoms with van der Waals surface area (Å²) in [5.74, 6) is 0.831. The van der Waals surface area contributed by atoms with Crippen LogP contribution in [0.4, 0.5) is 0 Å². The molecule has 26 heavy (non-hydrogen) atoms. The Morgan fingerprint density at radius 3 is 2.46 bits per heavy atom. The first-order chi connectivity index (χ1) is 12.2. The third kappa shape index (κ3) is 5.19. The summed E-state index contributed by atoms with van der Waals surface area (Å²) in [7, 11) is 1.60. The normalized spacial score (nSPS) is 20.5. The number of ketones is 1. The molecule has 2 aliphatic rings. The largest absolute Gasteiger partial charge is 0.497 e. The fourth-order valence-corrected chi connectivity index (χ4v) is 3.61. The zero-order chi connectivity index (χ0) is 17.6. The quantitative estimate of drug-likeness (QED) is 0.758. The monoisotopic (exact) mass is 381 g/mol. The van der Waals surface area contributed by atoms with Crippen molar-refractivity contribution in [3.63, 3.8) is 0 Å². The van der Waals surface area contributed by atoms with Crippen LogP contribution < -0.4 is 10.1 Å². The number of ether oxygens (including phenoxy) is 1. The Labute approximate surface area is 161 Å². The summed E-state index contributed by atoms with van der Waals surface area (Å²) in [4.78, 5) is 29.1. The topological polar surface area (TPSA) is 61.9 Å². The first kappa shape index (κ1) is 20.7. The standard InChI is InChI=1S/C19H27N3O3.ClH/c1-25-17-4-2-15(3-5-17)18(23)6-7-19(24)22-11-8-16(14-22)21-12-9-20-10-13-21;/h2-5,16,20H,6-14H2,1H3;1H. The average molecular weight is 382 g/mol. The second-order valence-corrected chi connectivity index (χ2v) is 6.72. The number of methoxy groups -OCH3 is 1. The Bertz CT molecular complexity index is 603. The lowest BCUT2D eigenvalue weighted by Crippen LogP contribution is -2.49. The number of Topliss-reactive ketones (excluding diaryl/α,β-unsaturated/α-hetero) is 1. The number of benzene rings is 1. The number of carbonyl (C=O) groups is 2. The molecule has 0 saturated carbocycles. The highest BCUT2D eigenvalue weighted by molar-refractivity contribution is 5.98. The molecule has 2 heterocycles. The Kier molecular flexibility index (Phi) is 7.87. The van der Waals surface area contributed by atoms with Gasteiger partial charge in [-0.25, -0.2) is 0 Å². The second kappa shape index (κ2) is 9.90. The molecule has 2 aliphatic heterocycles. The lowest BCUT2D eigenvalue weighted by Gasteiger charge is -2.32. The number of rotatable bonds is 6. The van der Waals surface area contributed by atoms with Gasteiger partial charge in [0.05, 0.1) is 7.11 Å². The summed E-state index contributed by atoms with van der Waals surface area (Å²) in [6, 6.07) is 7.52. The molecule has 1 atom stereocenters. The minimum atomic E-state index is 0. The summed E-state index contributed by atoms with van der Waals surface area (Å²) in [6.45, 7) is 5.78. The molecule has 1 aromatic carbocycles. The van der Waals surface area contributed by atoms with Crippen molar-refractivity contribution in [1.29, 1.82) is 0 Å². The van der Waals surface area contributed by atoms with Crippen molar-refractivity contribution in [1.82, 2.24) is 15.1 Å². The van der Waals surface area contributed by atoms with E-state index in [1.807, 2.05) is 4.90 Å². The summed E-state index contributed by atoms with van der Waals surface area (Å²) in [6.07, 6.45) is 1.59. The lowest BCUT2D eigenvalue weighted by molar-refractivity contribution is -0.130. The fraction of sp³-hybridized carbons (Fsp3) is 0.579. The maximum atomic E-state index is 12.4. The molecule has 1 amide bonds. The molecular weight excluding hydrogens is 354 g/mol. The van der Waals surface area contributed by atoms with Gasteiger partial charge in [-0.3, -0.25) is 14.5 Å². The zero-order valence-electron chi connectivity index (χ0n) is 15.3. The van der Waals surface area contributed by atoms with Gasteiger partial charge in [0.25, 0.3) is 0 Å². The van der Waals surface area contributed by atoms with E-state index in [1.165, 1.54) is 0 Å². The van der Waals surface area contributed by atoms with Crippen molar-refractivity contribution < 1.29 is 14.3 Å². The summed E-state index contributed by atoms with van der Waals surface area (Å²) in [5, 5.41) is 3.36. The summed E-state index contributed by atoms with van der Waals surface area (Å²) in [5.41, 5.74) is 0.633. The van der Waals surface area contributed by atoms with Crippen LogP contribution in [-0.2, 0) is 4.79 Å². The molecule has 0 aromatic heterocycles. The van der Waals surface area contributed by atoms with Crippen molar-refractivity contribution in [3.05, 3.63) is 29.8 Å². The molecule has 144 valence electrons. The predicted molar refractivity (Wildman–Crippen MR) is 103 cm³/mol. The molecule has 0 bridgehead atoms. The molecule has 1 unspecified atom stereocenters.